The van der Waals surface area contributed by atoms with Crippen molar-refractivity contribution in [1.29, 1.82) is 0 Å². The third-order valence-electron chi connectivity index (χ3n) is 6.35. The van der Waals surface area contributed by atoms with Crippen LogP contribution >= 0.6 is 0 Å². The molecule has 0 fully saturated rings. The summed E-state index contributed by atoms with van der Waals surface area (Å²) in [5, 5.41) is 9.38. The average Bonchev–Trinajstić information content (AvgIpc) is 3.00. The molecule has 0 saturated heterocycles. The Labute approximate surface area is 247 Å². The van der Waals surface area contributed by atoms with Crippen LogP contribution in [0.1, 0.15) is 32.6 Å². The largest absolute Gasteiger partial charge is 0.508 e. The molecule has 222 valence electrons. The van der Waals surface area contributed by atoms with E-state index in [0.717, 1.165) is 25.7 Å². The van der Waals surface area contributed by atoms with Gasteiger partial charge in [0.15, 0.2) is 0 Å². The molecule has 4 aromatic carbocycles. The zero-order valence-corrected chi connectivity index (χ0v) is 24.9. The van der Waals surface area contributed by atoms with Crippen LogP contribution in [0, 0.1) is 0 Å². The van der Waals surface area contributed by atoms with Gasteiger partial charge >= 0.3 is 0 Å². The minimum Gasteiger partial charge on any atom is -0.508 e. The fourth-order valence-corrected chi connectivity index (χ4v) is 6.55. The summed E-state index contributed by atoms with van der Waals surface area (Å²) in [7, 11) is -7.31. The Morgan fingerprint density at radius 1 is 0.476 bits per heavy atom. The number of rotatable bonds is 15. The summed E-state index contributed by atoms with van der Waals surface area (Å²) in [5.74, 6) is 1.81. The lowest BCUT2D eigenvalue weighted by atomic mass is 10.2. The molecule has 0 spiro atoms. The van der Waals surface area contributed by atoms with Gasteiger partial charge in [0, 0.05) is 0 Å². The summed E-state index contributed by atoms with van der Waals surface area (Å²) >= 11 is 0. The predicted molar refractivity (Wildman–Crippen MR) is 159 cm³/mol. The van der Waals surface area contributed by atoms with E-state index in [4.69, 9.17) is 14.2 Å². The Bertz CT molecular complexity index is 1630. The Balaban J connectivity index is 1.16. The van der Waals surface area contributed by atoms with Crippen LogP contribution in [0.2, 0.25) is 0 Å². The lowest BCUT2D eigenvalue weighted by Crippen LogP contribution is -2.04. The molecule has 0 aromatic heterocycles. The third kappa shape index (κ3) is 8.04. The first-order valence-corrected chi connectivity index (χ1v) is 16.6. The number of phenols is 1. The Hall–Kier alpha value is -4.02. The van der Waals surface area contributed by atoms with E-state index in [2.05, 4.69) is 0 Å². The highest BCUT2D eigenvalue weighted by atomic mass is 32.2. The number of hydrogen-bond donors (Lipinski definition) is 1. The minimum atomic E-state index is -3.67. The van der Waals surface area contributed by atoms with E-state index in [1.807, 2.05) is 6.92 Å². The second-order valence-electron chi connectivity index (χ2n) is 9.52. The van der Waals surface area contributed by atoms with Gasteiger partial charge in [0.25, 0.3) is 0 Å². The molecule has 8 nitrogen and oxygen atoms in total. The fraction of sp³-hybridized carbons (Fsp3) is 0.250. The zero-order valence-electron chi connectivity index (χ0n) is 23.3. The van der Waals surface area contributed by atoms with Gasteiger partial charge in [-0.2, -0.15) is 0 Å². The van der Waals surface area contributed by atoms with Gasteiger partial charge in [-0.25, -0.2) is 16.8 Å². The molecule has 0 aliphatic heterocycles. The number of unbranched alkanes of at least 4 members (excludes halogenated alkanes) is 2. The van der Waals surface area contributed by atoms with Gasteiger partial charge in [-0.1, -0.05) is 6.92 Å². The summed E-state index contributed by atoms with van der Waals surface area (Å²) in [4.78, 5) is 0.656. The minimum absolute atomic E-state index is 0.00256. The molecule has 0 atom stereocenters. The molecule has 0 unspecified atom stereocenters. The highest BCUT2D eigenvalue weighted by molar-refractivity contribution is 7.91. The number of sulfone groups is 2. The van der Waals surface area contributed by atoms with Crippen molar-refractivity contribution in [2.24, 2.45) is 0 Å². The molecular weight excluding hydrogens is 576 g/mol. The van der Waals surface area contributed by atoms with E-state index in [-0.39, 0.29) is 25.3 Å². The van der Waals surface area contributed by atoms with E-state index in [0.29, 0.717) is 37.1 Å². The maximum absolute atomic E-state index is 12.9. The summed E-state index contributed by atoms with van der Waals surface area (Å²) < 4.78 is 68.3. The summed E-state index contributed by atoms with van der Waals surface area (Å²) in [5.41, 5.74) is 0. The van der Waals surface area contributed by atoms with Crippen molar-refractivity contribution >= 4 is 19.7 Å². The Kier molecular flexibility index (Phi) is 10.5. The molecule has 0 aliphatic carbocycles. The van der Waals surface area contributed by atoms with Crippen LogP contribution in [-0.2, 0) is 19.7 Å². The third-order valence-corrected chi connectivity index (χ3v) is 9.92. The standard InChI is InChI=1S/C32H34O8S2/c1-2-22-38-26-8-16-31(17-9-26)42(36,37)32-20-12-28(13-21-32)40-24-5-3-4-23-39-27-10-18-30(19-11-27)41(34,35)29-14-6-25(33)7-15-29/h6-21,33H,2-5,22-24H2,1H3. The fourth-order valence-electron chi connectivity index (χ4n) is 4.02. The lowest BCUT2D eigenvalue weighted by molar-refractivity contribution is 0.279. The number of phenolic OH excluding ortho intramolecular Hbond substituents is 1. The predicted octanol–water partition coefficient (Wildman–Crippen LogP) is 6.47. The Morgan fingerprint density at radius 3 is 1.12 bits per heavy atom. The van der Waals surface area contributed by atoms with Crippen LogP contribution in [0.25, 0.3) is 0 Å². The van der Waals surface area contributed by atoms with Crippen LogP contribution in [0.4, 0.5) is 0 Å². The topological polar surface area (TPSA) is 116 Å². The molecule has 0 heterocycles. The smallest absolute Gasteiger partial charge is 0.206 e. The van der Waals surface area contributed by atoms with Crippen molar-refractivity contribution in [2.45, 2.75) is 52.2 Å². The lowest BCUT2D eigenvalue weighted by Gasteiger charge is -2.10. The first kappa shape index (κ1) is 30.9. The molecular formula is C32H34O8S2. The van der Waals surface area contributed by atoms with Gasteiger partial charge in [0.05, 0.1) is 39.4 Å². The molecule has 0 bridgehead atoms. The molecule has 4 rings (SSSR count). The van der Waals surface area contributed by atoms with Crippen molar-refractivity contribution in [3.8, 4) is 23.0 Å². The number of ether oxygens (including phenoxy) is 3. The van der Waals surface area contributed by atoms with Crippen LogP contribution < -0.4 is 14.2 Å². The van der Waals surface area contributed by atoms with Gasteiger partial charge in [-0.05, 0) is 123 Å². The van der Waals surface area contributed by atoms with Crippen molar-refractivity contribution in [3.05, 3.63) is 97.1 Å². The average molecular weight is 611 g/mol. The Morgan fingerprint density at radius 2 is 0.786 bits per heavy atom. The number of hydrogen-bond acceptors (Lipinski definition) is 8. The van der Waals surface area contributed by atoms with Crippen LogP contribution in [-0.4, -0.2) is 41.8 Å². The molecule has 0 amide bonds. The summed E-state index contributed by atoms with van der Waals surface area (Å²) in [6.45, 7) is 3.54. The maximum Gasteiger partial charge on any atom is 0.206 e. The van der Waals surface area contributed by atoms with E-state index >= 15 is 0 Å². The molecule has 0 radical (unpaired) electrons. The molecule has 10 heteroatoms. The number of aromatic hydroxyl groups is 1. The molecule has 1 N–H and O–H groups in total. The highest BCUT2D eigenvalue weighted by Crippen LogP contribution is 2.26. The van der Waals surface area contributed by atoms with Crippen LogP contribution in [0.5, 0.6) is 23.0 Å². The van der Waals surface area contributed by atoms with Crippen molar-refractivity contribution in [3.63, 3.8) is 0 Å². The molecule has 0 saturated carbocycles. The van der Waals surface area contributed by atoms with Crippen LogP contribution in [0.15, 0.2) is 117 Å². The first-order chi connectivity index (χ1) is 20.2. The monoisotopic (exact) mass is 610 g/mol. The highest BCUT2D eigenvalue weighted by Gasteiger charge is 2.18. The zero-order chi connectivity index (χ0) is 30.0. The van der Waals surface area contributed by atoms with Crippen LogP contribution in [0.3, 0.4) is 0 Å². The normalized spacial score (nSPS) is 11.6. The van der Waals surface area contributed by atoms with E-state index in [9.17, 15) is 21.9 Å². The van der Waals surface area contributed by atoms with E-state index in [1.54, 1.807) is 60.7 Å². The van der Waals surface area contributed by atoms with Crippen molar-refractivity contribution in [1.82, 2.24) is 0 Å². The summed E-state index contributed by atoms with van der Waals surface area (Å²) in [6, 6.07) is 24.5. The van der Waals surface area contributed by atoms with Crippen molar-refractivity contribution < 1.29 is 36.2 Å². The quantitative estimate of drug-likeness (QED) is 0.152. The maximum atomic E-state index is 12.9. The van der Waals surface area contributed by atoms with Gasteiger partial charge in [0.1, 0.15) is 23.0 Å². The first-order valence-electron chi connectivity index (χ1n) is 13.7. The summed E-state index contributed by atoms with van der Waals surface area (Å²) in [6.07, 6.45) is 3.31. The SMILES string of the molecule is CCCOc1ccc(S(=O)(=O)c2ccc(OCCCCCOc3ccc(S(=O)(=O)c4ccc(O)cc4)cc3)cc2)cc1. The van der Waals surface area contributed by atoms with E-state index in [1.165, 1.54) is 36.4 Å². The second kappa shape index (κ2) is 14.2. The van der Waals surface area contributed by atoms with Crippen molar-refractivity contribution in [2.75, 3.05) is 19.8 Å². The van der Waals surface area contributed by atoms with Gasteiger partial charge in [-0.3, -0.25) is 0 Å². The van der Waals surface area contributed by atoms with Gasteiger partial charge in [-0.15, -0.1) is 0 Å². The molecule has 0 aliphatic rings. The second-order valence-corrected chi connectivity index (χ2v) is 13.4. The number of benzene rings is 4. The van der Waals surface area contributed by atoms with Gasteiger partial charge in [0.2, 0.25) is 19.7 Å². The molecule has 42 heavy (non-hydrogen) atoms. The molecule has 4 aromatic rings. The van der Waals surface area contributed by atoms with Gasteiger partial charge < -0.3 is 19.3 Å². The van der Waals surface area contributed by atoms with E-state index < -0.39 is 19.7 Å².